The van der Waals surface area contributed by atoms with Gasteiger partial charge < -0.3 is 10.0 Å². The van der Waals surface area contributed by atoms with Crippen molar-refractivity contribution in [1.82, 2.24) is 4.98 Å². The summed E-state index contributed by atoms with van der Waals surface area (Å²) < 4.78 is 39.1. The smallest absolute Gasteiger partial charge is 0.416 e. The van der Waals surface area contributed by atoms with Gasteiger partial charge in [-0.3, -0.25) is 10.1 Å². The Bertz CT molecular complexity index is 1180. The number of benzene rings is 2. The van der Waals surface area contributed by atoms with E-state index in [0.717, 1.165) is 23.5 Å². The van der Waals surface area contributed by atoms with Crippen LogP contribution in [0, 0.1) is 0 Å². The molecule has 1 amide bonds. The Labute approximate surface area is 183 Å². The molecule has 2 N–H and O–H groups in total. The van der Waals surface area contributed by atoms with Gasteiger partial charge >= 0.3 is 12.1 Å². The van der Waals surface area contributed by atoms with Crippen molar-refractivity contribution >= 4 is 55.8 Å². The van der Waals surface area contributed by atoms with Gasteiger partial charge in [0.1, 0.15) is 6.04 Å². The highest BCUT2D eigenvalue weighted by molar-refractivity contribution is 7.22. The van der Waals surface area contributed by atoms with Gasteiger partial charge in [0.2, 0.25) is 0 Å². The van der Waals surface area contributed by atoms with E-state index in [2.05, 4.69) is 10.3 Å². The highest BCUT2D eigenvalue weighted by Crippen LogP contribution is 2.35. The van der Waals surface area contributed by atoms with E-state index in [1.807, 2.05) is 0 Å². The average Bonchev–Trinajstić information content (AvgIpc) is 3.33. The molecule has 4 rings (SSSR count). The number of anilines is 2. The minimum atomic E-state index is -4.48. The van der Waals surface area contributed by atoms with E-state index in [-0.39, 0.29) is 15.4 Å². The number of thiazole rings is 1. The summed E-state index contributed by atoms with van der Waals surface area (Å²) in [5.74, 6) is -1.56. The Hall–Kier alpha value is -2.85. The van der Waals surface area contributed by atoms with E-state index >= 15 is 0 Å². The molecule has 11 heteroatoms. The highest BCUT2D eigenvalue weighted by Gasteiger charge is 2.33. The first-order valence-electron chi connectivity index (χ1n) is 9.21. The molecule has 0 bridgehead atoms. The molecule has 1 saturated heterocycles. The Morgan fingerprint density at radius 1 is 1.23 bits per heavy atom. The van der Waals surface area contributed by atoms with Crippen LogP contribution in [-0.2, 0) is 11.0 Å². The molecule has 1 fully saturated rings. The fraction of sp³-hybridized carbons (Fsp3) is 0.250. The molecule has 1 aliphatic heterocycles. The number of aromatic nitrogens is 1. The zero-order chi connectivity index (χ0) is 22.3. The first-order chi connectivity index (χ1) is 14.6. The third-order valence-corrected chi connectivity index (χ3v) is 6.16. The summed E-state index contributed by atoms with van der Waals surface area (Å²) in [6.45, 7) is 0.472. The van der Waals surface area contributed by atoms with Crippen LogP contribution in [0.25, 0.3) is 10.2 Å². The molecular weight excluding hydrogens is 455 g/mol. The minimum Gasteiger partial charge on any atom is -0.480 e. The standard InChI is InChI=1S/C20H15ClF3N3O3S/c21-11-4-6-14(27-7-1-2-15(27)18(29)30)12(9-11)17(28)26-19-25-13-5-3-10(20(22,23)24)8-16(13)31-19/h3-6,8-9,15H,1-2,7H2,(H,29,30)(H,25,26,28)/t15-/m0/s1. The molecule has 3 aromatic rings. The number of nitrogens with one attached hydrogen (secondary N) is 1. The summed E-state index contributed by atoms with van der Waals surface area (Å²) in [5, 5.41) is 12.5. The predicted molar refractivity (Wildman–Crippen MR) is 112 cm³/mol. The van der Waals surface area contributed by atoms with Crippen molar-refractivity contribution in [3.05, 3.63) is 52.5 Å². The summed E-state index contributed by atoms with van der Waals surface area (Å²) >= 11 is 6.97. The van der Waals surface area contributed by atoms with Crippen LogP contribution in [0.3, 0.4) is 0 Å². The molecule has 0 radical (unpaired) electrons. The number of halogens is 4. The maximum atomic E-state index is 13.0. The van der Waals surface area contributed by atoms with Gasteiger partial charge in [0, 0.05) is 11.6 Å². The fourth-order valence-corrected chi connectivity index (χ4v) is 4.64. The number of hydrogen-bond acceptors (Lipinski definition) is 5. The van der Waals surface area contributed by atoms with Gasteiger partial charge in [0.15, 0.2) is 5.13 Å². The Balaban J connectivity index is 1.64. The molecule has 1 aromatic heterocycles. The van der Waals surface area contributed by atoms with Crippen molar-refractivity contribution in [3.8, 4) is 0 Å². The monoisotopic (exact) mass is 469 g/mol. The topological polar surface area (TPSA) is 82.5 Å². The van der Waals surface area contributed by atoms with Crippen molar-refractivity contribution < 1.29 is 27.9 Å². The lowest BCUT2D eigenvalue weighted by atomic mass is 10.1. The van der Waals surface area contributed by atoms with Gasteiger partial charge in [-0.1, -0.05) is 22.9 Å². The number of alkyl halides is 3. The molecule has 0 saturated carbocycles. The number of carbonyl (C=O) groups is 2. The van der Waals surface area contributed by atoms with Crippen molar-refractivity contribution in [3.63, 3.8) is 0 Å². The van der Waals surface area contributed by atoms with Crippen molar-refractivity contribution in [2.24, 2.45) is 0 Å². The van der Waals surface area contributed by atoms with Gasteiger partial charge in [-0.05, 0) is 49.2 Å². The van der Waals surface area contributed by atoms with Crippen molar-refractivity contribution in [2.45, 2.75) is 25.1 Å². The van der Waals surface area contributed by atoms with Crippen LogP contribution in [0.15, 0.2) is 36.4 Å². The third kappa shape index (κ3) is 4.31. The number of nitrogens with zero attached hydrogens (tertiary/aromatic N) is 2. The van der Waals surface area contributed by atoms with E-state index < -0.39 is 29.7 Å². The largest absolute Gasteiger partial charge is 0.480 e. The number of carboxylic acids is 1. The van der Waals surface area contributed by atoms with Crippen molar-refractivity contribution in [2.75, 3.05) is 16.8 Å². The summed E-state index contributed by atoms with van der Waals surface area (Å²) in [6, 6.07) is 7.00. The van der Waals surface area contributed by atoms with Crippen LogP contribution in [0.5, 0.6) is 0 Å². The fourth-order valence-electron chi connectivity index (χ4n) is 3.57. The number of amides is 1. The zero-order valence-corrected chi connectivity index (χ0v) is 17.3. The molecule has 0 spiro atoms. The van der Waals surface area contributed by atoms with Crippen LogP contribution in [0.1, 0.15) is 28.8 Å². The summed E-state index contributed by atoms with van der Waals surface area (Å²) in [4.78, 5) is 30.3. The third-order valence-electron chi connectivity index (χ3n) is 4.99. The second-order valence-corrected chi connectivity index (χ2v) is 8.47. The zero-order valence-electron chi connectivity index (χ0n) is 15.7. The number of carboxylic acid groups (broad SMARTS) is 1. The van der Waals surface area contributed by atoms with Gasteiger partial charge in [-0.15, -0.1) is 0 Å². The summed E-state index contributed by atoms with van der Waals surface area (Å²) in [6.07, 6.45) is -3.35. The molecular formula is C20H15ClF3N3O3S. The quantitative estimate of drug-likeness (QED) is 0.543. The lowest BCUT2D eigenvalue weighted by molar-refractivity contribution is -0.138. The van der Waals surface area contributed by atoms with Gasteiger partial charge in [-0.2, -0.15) is 13.2 Å². The van der Waals surface area contributed by atoms with Gasteiger partial charge in [0.25, 0.3) is 5.91 Å². The van der Waals surface area contributed by atoms with Gasteiger partial charge in [0.05, 0.1) is 27.0 Å². The molecule has 1 aliphatic rings. The first kappa shape index (κ1) is 21.4. The van der Waals surface area contributed by atoms with E-state index in [4.69, 9.17) is 11.6 Å². The van der Waals surface area contributed by atoms with E-state index in [1.54, 1.807) is 17.0 Å². The van der Waals surface area contributed by atoms with Gasteiger partial charge in [-0.25, -0.2) is 9.78 Å². The lowest BCUT2D eigenvalue weighted by Crippen LogP contribution is -2.37. The second kappa shape index (κ2) is 8.01. The van der Waals surface area contributed by atoms with Crippen LogP contribution >= 0.6 is 22.9 Å². The molecule has 0 aliphatic carbocycles. The molecule has 0 unspecified atom stereocenters. The number of carbonyl (C=O) groups excluding carboxylic acids is 1. The average molecular weight is 470 g/mol. The highest BCUT2D eigenvalue weighted by atomic mass is 35.5. The number of rotatable bonds is 4. The van der Waals surface area contributed by atoms with Crippen LogP contribution < -0.4 is 10.2 Å². The Morgan fingerprint density at radius 2 is 2.00 bits per heavy atom. The normalized spacial score (nSPS) is 16.6. The number of hydrogen-bond donors (Lipinski definition) is 2. The first-order valence-corrected chi connectivity index (χ1v) is 10.4. The predicted octanol–water partition coefficient (Wildman–Crippen LogP) is 5.27. The summed E-state index contributed by atoms with van der Waals surface area (Å²) in [5.41, 5.74) is 0.112. The van der Waals surface area contributed by atoms with Crippen molar-refractivity contribution in [1.29, 1.82) is 0 Å². The molecule has 2 aromatic carbocycles. The van der Waals surface area contributed by atoms with E-state index in [9.17, 15) is 27.9 Å². The van der Waals surface area contributed by atoms with E-state index in [1.165, 1.54) is 12.1 Å². The molecule has 6 nitrogen and oxygen atoms in total. The number of fused-ring (bicyclic) bond motifs is 1. The molecule has 2 heterocycles. The van der Waals surface area contributed by atoms with Crippen LogP contribution in [-0.4, -0.2) is 34.6 Å². The Morgan fingerprint density at radius 3 is 2.71 bits per heavy atom. The minimum absolute atomic E-state index is 0.126. The Kier molecular flexibility index (Phi) is 5.52. The van der Waals surface area contributed by atoms with E-state index in [0.29, 0.717) is 35.6 Å². The molecule has 1 atom stereocenters. The maximum absolute atomic E-state index is 13.0. The lowest BCUT2D eigenvalue weighted by Gasteiger charge is -2.26. The SMILES string of the molecule is O=C(Nc1nc2ccc(C(F)(F)F)cc2s1)c1cc(Cl)ccc1N1CCC[C@H]1C(=O)O. The second-order valence-electron chi connectivity index (χ2n) is 7.00. The summed E-state index contributed by atoms with van der Waals surface area (Å²) in [7, 11) is 0. The maximum Gasteiger partial charge on any atom is 0.416 e. The number of aliphatic carboxylic acids is 1. The molecule has 162 valence electrons. The van der Waals surface area contributed by atoms with Crippen LogP contribution in [0.2, 0.25) is 5.02 Å². The van der Waals surface area contributed by atoms with Crippen LogP contribution in [0.4, 0.5) is 24.0 Å². The molecule has 31 heavy (non-hydrogen) atoms.